The third kappa shape index (κ3) is 5.86. The molecule has 3 rings (SSSR count). The molecule has 0 bridgehead atoms. The normalized spacial score (nSPS) is 20.3. The van der Waals surface area contributed by atoms with Crippen molar-refractivity contribution < 1.29 is 4.79 Å². The van der Waals surface area contributed by atoms with Crippen molar-refractivity contribution >= 4 is 17.8 Å². The van der Waals surface area contributed by atoms with Gasteiger partial charge in [0.05, 0.1) is 5.69 Å². The standard InChI is InChI=1S/C19H31N5OS/c1-26-15-14-22-8-5-17(6-9-22)21-19(25)24-12-10-23(11-13-24)16-18-4-2-3-7-20-18/h2-4,7,17H,5-6,8-16H2,1H3,(H,21,25). The van der Waals surface area contributed by atoms with Crippen molar-refractivity contribution in [3.05, 3.63) is 30.1 Å². The molecule has 0 aliphatic carbocycles. The first-order chi connectivity index (χ1) is 12.7. The Morgan fingerprint density at radius 1 is 1.15 bits per heavy atom. The van der Waals surface area contributed by atoms with Crippen LogP contribution in [0, 0.1) is 0 Å². The monoisotopic (exact) mass is 377 g/mol. The lowest BCUT2D eigenvalue weighted by atomic mass is 10.1. The number of hydrogen-bond donors (Lipinski definition) is 1. The zero-order chi connectivity index (χ0) is 18.2. The van der Waals surface area contributed by atoms with Crippen LogP contribution in [0.25, 0.3) is 0 Å². The molecule has 2 aliphatic heterocycles. The molecule has 0 spiro atoms. The smallest absolute Gasteiger partial charge is 0.317 e. The summed E-state index contributed by atoms with van der Waals surface area (Å²) in [5.74, 6) is 1.19. The van der Waals surface area contributed by atoms with Gasteiger partial charge in [-0.3, -0.25) is 9.88 Å². The summed E-state index contributed by atoms with van der Waals surface area (Å²) in [4.78, 5) is 23.8. The predicted octanol–water partition coefficient (Wildman–Crippen LogP) is 1.74. The molecule has 3 heterocycles. The van der Waals surface area contributed by atoms with E-state index >= 15 is 0 Å². The summed E-state index contributed by atoms with van der Waals surface area (Å²) in [5.41, 5.74) is 1.10. The lowest BCUT2D eigenvalue weighted by molar-refractivity contribution is 0.128. The third-order valence-corrected chi connectivity index (χ3v) is 5.89. The largest absolute Gasteiger partial charge is 0.335 e. The molecule has 0 atom stereocenters. The van der Waals surface area contributed by atoms with Crippen molar-refractivity contribution in [1.29, 1.82) is 0 Å². The van der Waals surface area contributed by atoms with Crippen LogP contribution in [-0.4, -0.2) is 89.6 Å². The molecule has 26 heavy (non-hydrogen) atoms. The van der Waals surface area contributed by atoms with Crippen LogP contribution in [0.15, 0.2) is 24.4 Å². The number of carbonyl (C=O) groups excluding carboxylic acids is 1. The van der Waals surface area contributed by atoms with Gasteiger partial charge in [0.1, 0.15) is 0 Å². The van der Waals surface area contributed by atoms with Crippen molar-refractivity contribution in [3.63, 3.8) is 0 Å². The molecule has 0 saturated carbocycles. The fraction of sp³-hybridized carbons (Fsp3) is 0.684. The molecule has 144 valence electrons. The summed E-state index contributed by atoms with van der Waals surface area (Å²) in [6.07, 6.45) is 6.13. The number of piperidine rings is 1. The van der Waals surface area contributed by atoms with Gasteiger partial charge in [0, 0.05) is 70.3 Å². The molecule has 1 N–H and O–H groups in total. The van der Waals surface area contributed by atoms with E-state index in [1.54, 1.807) is 0 Å². The van der Waals surface area contributed by atoms with Gasteiger partial charge in [-0.25, -0.2) is 4.79 Å². The molecule has 0 unspecified atom stereocenters. The van der Waals surface area contributed by atoms with Crippen molar-refractivity contribution in [2.45, 2.75) is 25.4 Å². The molecule has 2 aliphatic rings. The maximum Gasteiger partial charge on any atom is 0.317 e. The minimum atomic E-state index is 0.116. The van der Waals surface area contributed by atoms with E-state index in [0.717, 1.165) is 64.3 Å². The van der Waals surface area contributed by atoms with Crippen molar-refractivity contribution in [2.24, 2.45) is 0 Å². The molecule has 2 fully saturated rings. The zero-order valence-corrected chi connectivity index (χ0v) is 16.6. The topological polar surface area (TPSA) is 51.7 Å². The van der Waals surface area contributed by atoms with Crippen LogP contribution in [0.1, 0.15) is 18.5 Å². The van der Waals surface area contributed by atoms with Gasteiger partial charge < -0.3 is 15.1 Å². The Kier molecular flexibility index (Phi) is 7.58. The highest BCUT2D eigenvalue weighted by Crippen LogP contribution is 2.12. The summed E-state index contributed by atoms with van der Waals surface area (Å²) in [5, 5.41) is 3.25. The van der Waals surface area contributed by atoms with Crippen LogP contribution in [0.3, 0.4) is 0 Å². The number of rotatable bonds is 6. The highest BCUT2D eigenvalue weighted by Gasteiger charge is 2.25. The Balaban J connectivity index is 1.35. The van der Waals surface area contributed by atoms with E-state index in [1.165, 1.54) is 12.3 Å². The summed E-state index contributed by atoms with van der Waals surface area (Å²) < 4.78 is 0. The quantitative estimate of drug-likeness (QED) is 0.818. The van der Waals surface area contributed by atoms with Crippen LogP contribution in [0.2, 0.25) is 0 Å². The Hall–Kier alpha value is -1.31. The van der Waals surface area contributed by atoms with Gasteiger partial charge in [-0.05, 0) is 31.2 Å². The van der Waals surface area contributed by atoms with Crippen LogP contribution in [0.5, 0.6) is 0 Å². The molecule has 1 aromatic rings. The van der Waals surface area contributed by atoms with Crippen LogP contribution in [-0.2, 0) is 6.54 Å². The van der Waals surface area contributed by atoms with Gasteiger partial charge in [0.25, 0.3) is 0 Å². The van der Waals surface area contributed by atoms with Gasteiger partial charge in [-0.2, -0.15) is 11.8 Å². The number of amides is 2. The van der Waals surface area contributed by atoms with Gasteiger partial charge >= 0.3 is 6.03 Å². The number of piperazine rings is 1. The number of nitrogens with zero attached hydrogens (tertiary/aromatic N) is 4. The number of carbonyl (C=O) groups is 1. The fourth-order valence-electron chi connectivity index (χ4n) is 3.62. The second-order valence-electron chi connectivity index (χ2n) is 7.14. The summed E-state index contributed by atoms with van der Waals surface area (Å²) in [7, 11) is 0. The predicted molar refractivity (Wildman–Crippen MR) is 107 cm³/mol. The minimum absolute atomic E-state index is 0.116. The maximum absolute atomic E-state index is 12.6. The maximum atomic E-state index is 12.6. The summed E-state index contributed by atoms with van der Waals surface area (Å²) >= 11 is 1.90. The van der Waals surface area contributed by atoms with E-state index in [2.05, 4.69) is 32.4 Å². The molecular formula is C19H31N5OS. The van der Waals surface area contributed by atoms with E-state index in [4.69, 9.17) is 0 Å². The molecule has 6 nitrogen and oxygen atoms in total. The number of nitrogens with one attached hydrogen (secondary N) is 1. The first-order valence-corrected chi connectivity index (χ1v) is 11.0. The molecule has 2 amide bonds. The molecule has 0 aromatic carbocycles. The fourth-order valence-corrected chi connectivity index (χ4v) is 4.06. The first kappa shape index (κ1) is 19.5. The molecular weight excluding hydrogens is 346 g/mol. The number of hydrogen-bond acceptors (Lipinski definition) is 5. The van der Waals surface area contributed by atoms with Crippen LogP contribution in [0.4, 0.5) is 4.79 Å². The number of pyridine rings is 1. The Labute approximate surface area is 161 Å². The lowest BCUT2D eigenvalue weighted by Crippen LogP contribution is -2.54. The van der Waals surface area contributed by atoms with Crippen LogP contribution >= 0.6 is 11.8 Å². The molecule has 7 heteroatoms. The number of thioether (sulfide) groups is 1. The number of aromatic nitrogens is 1. The van der Waals surface area contributed by atoms with Gasteiger partial charge in [0.2, 0.25) is 0 Å². The Morgan fingerprint density at radius 3 is 2.58 bits per heavy atom. The van der Waals surface area contributed by atoms with Gasteiger partial charge in [0.15, 0.2) is 0 Å². The average Bonchev–Trinajstić information content (AvgIpc) is 2.69. The zero-order valence-electron chi connectivity index (χ0n) is 15.8. The van der Waals surface area contributed by atoms with E-state index in [-0.39, 0.29) is 6.03 Å². The van der Waals surface area contributed by atoms with Crippen LogP contribution < -0.4 is 5.32 Å². The van der Waals surface area contributed by atoms with Crippen molar-refractivity contribution in [2.75, 3.05) is 57.8 Å². The minimum Gasteiger partial charge on any atom is -0.335 e. The Bertz CT molecular complexity index is 542. The molecule has 0 radical (unpaired) electrons. The van der Waals surface area contributed by atoms with E-state index in [1.807, 2.05) is 35.0 Å². The van der Waals surface area contributed by atoms with E-state index in [9.17, 15) is 4.79 Å². The summed E-state index contributed by atoms with van der Waals surface area (Å²) in [6.45, 7) is 7.66. The highest BCUT2D eigenvalue weighted by molar-refractivity contribution is 7.98. The average molecular weight is 378 g/mol. The first-order valence-electron chi connectivity index (χ1n) is 9.63. The molecule has 2 saturated heterocycles. The van der Waals surface area contributed by atoms with Gasteiger partial charge in [-0.15, -0.1) is 0 Å². The second kappa shape index (κ2) is 10.1. The highest BCUT2D eigenvalue weighted by atomic mass is 32.2. The van der Waals surface area contributed by atoms with Crippen molar-refractivity contribution in [3.8, 4) is 0 Å². The molecule has 1 aromatic heterocycles. The Morgan fingerprint density at radius 2 is 1.92 bits per heavy atom. The number of likely N-dealkylation sites (tertiary alicyclic amines) is 1. The van der Waals surface area contributed by atoms with Gasteiger partial charge in [-0.1, -0.05) is 6.07 Å². The van der Waals surface area contributed by atoms with E-state index in [0.29, 0.717) is 6.04 Å². The SMILES string of the molecule is CSCCN1CCC(NC(=O)N2CCN(Cc3ccccn3)CC2)CC1. The number of urea groups is 1. The lowest BCUT2D eigenvalue weighted by Gasteiger charge is -2.37. The van der Waals surface area contributed by atoms with Crippen molar-refractivity contribution in [1.82, 2.24) is 25.0 Å². The summed E-state index contributed by atoms with van der Waals surface area (Å²) in [6, 6.07) is 6.48. The second-order valence-corrected chi connectivity index (χ2v) is 8.13. The van der Waals surface area contributed by atoms with E-state index < -0.39 is 0 Å². The third-order valence-electron chi connectivity index (χ3n) is 5.30.